The van der Waals surface area contributed by atoms with Crippen molar-refractivity contribution in [2.24, 2.45) is 5.41 Å². The molecular weight excluding hydrogens is 316 g/mol. The molecule has 0 radical (unpaired) electrons. The third-order valence-electron chi connectivity index (χ3n) is 5.38. The van der Waals surface area contributed by atoms with E-state index in [0.717, 1.165) is 30.5 Å². The summed E-state index contributed by atoms with van der Waals surface area (Å²) in [5.74, 6) is -0.119. The minimum atomic E-state index is -0.348. The van der Waals surface area contributed by atoms with Gasteiger partial charge < -0.3 is 9.64 Å². The maximum Gasteiger partial charge on any atom is 0.337 e. The van der Waals surface area contributed by atoms with Gasteiger partial charge in [-0.05, 0) is 54.2 Å². The van der Waals surface area contributed by atoms with Gasteiger partial charge in [-0.3, -0.25) is 9.78 Å². The van der Waals surface area contributed by atoms with Gasteiger partial charge in [0.05, 0.1) is 18.1 Å². The Morgan fingerprint density at radius 1 is 1.28 bits per heavy atom. The second kappa shape index (κ2) is 5.99. The molecule has 1 saturated heterocycles. The first-order valence-electron chi connectivity index (χ1n) is 8.50. The number of fused-ring (bicyclic) bond motifs is 1. The molecule has 1 fully saturated rings. The molecule has 1 aromatic carbocycles. The summed E-state index contributed by atoms with van der Waals surface area (Å²) in [6.45, 7) is 1.38. The molecule has 1 aromatic heterocycles. The lowest BCUT2D eigenvalue weighted by Crippen LogP contribution is -2.34. The summed E-state index contributed by atoms with van der Waals surface area (Å²) in [7, 11) is 1.38. The van der Waals surface area contributed by atoms with Gasteiger partial charge in [0.25, 0.3) is 0 Å². The van der Waals surface area contributed by atoms with Crippen LogP contribution in [-0.4, -0.2) is 35.4 Å². The van der Waals surface area contributed by atoms with Crippen LogP contribution in [-0.2, 0) is 28.9 Å². The van der Waals surface area contributed by atoms with Crippen molar-refractivity contribution in [3.63, 3.8) is 0 Å². The standard InChI is InChI=1S/C20H20N2O3/c1-25-18(23)15-4-5-16-10-20(11-17(16)9-15)6-8-22(19(20)24)13-14-3-2-7-21-12-14/h2-5,7,9,12H,6,8,10-11,13H2,1H3/t20-/m1/s1. The molecule has 0 unspecified atom stereocenters. The molecule has 1 aliphatic carbocycles. The van der Waals surface area contributed by atoms with Crippen LogP contribution in [0.25, 0.3) is 0 Å². The monoisotopic (exact) mass is 336 g/mol. The number of aromatic nitrogens is 1. The Bertz CT molecular complexity index is 834. The number of pyridine rings is 1. The second-order valence-electron chi connectivity index (χ2n) is 6.95. The summed E-state index contributed by atoms with van der Waals surface area (Å²) < 4.78 is 4.80. The minimum Gasteiger partial charge on any atom is -0.465 e. The largest absolute Gasteiger partial charge is 0.465 e. The summed E-state index contributed by atoms with van der Waals surface area (Å²) >= 11 is 0. The average molecular weight is 336 g/mol. The highest BCUT2D eigenvalue weighted by molar-refractivity contribution is 5.90. The predicted octanol–water partition coefficient (Wildman–Crippen LogP) is 2.39. The van der Waals surface area contributed by atoms with Gasteiger partial charge in [0.2, 0.25) is 5.91 Å². The molecule has 0 saturated carbocycles. The normalized spacial score (nSPS) is 21.6. The van der Waals surface area contributed by atoms with Crippen molar-refractivity contribution in [1.29, 1.82) is 0 Å². The van der Waals surface area contributed by atoms with Crippen molar-refractivity contribution in [3.8, 4) is 0 Å². The lowest BCUT2D eigenvalue weighted by Gasteiger charge is -2.22. The summed E-state index contributed by atoms with van der Waals surface area (Å²) in [5.41, 5.74) is 3.52. The van der Waals surface area contributed by atoms with Crippen molar-refractivity contribution in [1.82, 2.24) is 9.88 Å². The number of amides is 1. The summed E-state index contributed by atoms with van der Waals surface area (Å²) in [6.07, 6.45) is 5.86. The van der Waals surface area contributed by atoms with E-state index < -0.39 is 0 Å². The Kier molecular flexibility index (Phi) is 3.79. The van der Waals surface area contributed by atoms with Crippen molar-refractivity contribution >= 4 is 11.9 Å². The molecule has 0 bridgehead atoms. The van der Waals surface area contributed by atoms with E-state index in [2.05, 4.69) is 4.98 Å². The number of hydrogen-bond acceptors (Lipinski definition) is 4. The zero-order valence-electron chi connectivity index (χ0n) is 14.2. The fourth-order valence-electron chi connectivity index (χ4n) is 4.08. The fourth-order valence-corrected chi connectivity index (χ4v) is 4.08. The first-order chi connectivity index (χ1) is 12.1. The van der Waals surface area contributed by atoms with Crippen LogP contribution in [0.1, 0.15) is 33.5 Å². The second-order valence-corrected chi connectivity index (χ2v) is 6.95. The molecule has 4 rings (SSSR count). The summed E-state index contributed by atoms with van der Waals surface area (Å²) in [4.78, 5) is 30.9. The molecule has 2 aromatic rings. The van der Waals surface area contributed by atoms with Gasteiger partial charge in [0.15, 0.2) is 0 Å². The molecular formula is C20H20N2O3. The van der Waals surface area contributed by atoms with Gasteiger partial charge in [-0.25, -0.2) is 4.79 Å². The number of likely N-dealkylation sites (tertiary alicyclic amines) is 1. The van der Waals surface area contributed by atoms with Gasteiger partial charge in [-0.15, -0.1) is 0 Å². The number of hydrogen-bond donors (Lipinski definition) is 0. The highest BCUT2D eigenvalue weighted by Crippen LogP contribution is 2.45. The number of carbonyl (C=O) groups is 2. The van der Waals surface area contributed by atoms with Crippen LogP contribution in [0.2, 0.25) is 0 Å². The van der Waals surface area contributed by atoms with Gasteiger partial charge in [-0.2, -0.15) is 0 Å². The zero-order chi connectivity index (χ0) is 17.4. The highest BCUT2D eigenvalue weighted by atomic mass is 16.5. The van der Waals surface area contributed by atoms with E-state index in [4.69, 9.17) is 4.74 Å². The quantitative estimate of drug-likeness (QED) is 0.808. The molecule has 1 amide bonds. The predicted molar refractivity (Wildman–Crippen MR) is 91.9 cm³/mol. The first-order valence-corrected chi connectivity index (χ1v) is 8.50. The first kappa shape index (κ1) is 15.8. The number of rotatable bonds is 3. The Balaban J connectivity index is 1.54. The van der Waals surface area contributed by atoms with Crippen LogP contribution in [0, 0.1) is 5.41 Å². The van der Waals surface area contributed by atoms with E-state index in [0.29, 0.717) is 18.5 Å². The molecule has 5 nitrogen and oxygen atoms in total. The molecule has 1 atom stereocenters. The molecule has 1 spiro atoms. The zero-order valence-corrected chi connectivity index (χ0v) is 14.2. The van der Waals surface area contributed by atoms with Crippen molar-refractivity contribution < 1.29 is 14.3 Å². The molecule has 25 heavy (non-hydrogen) atoms. The highest BCUT2D eigenvalue weighted by Gasteiger charge is 2.49. The fraction of sp³-hybridized carbons (Fsp3) is 0.350. The van der Waals surface area contributed by atoms with E-state index >= 15 is 0 Å². The maximum absolute atomic E-state index is 13.1. The van der Waals surface area contributed by atoms with E-state index in [-0.39, 0.29) is 17.3 Å². The molecule has 128 valence electrons. The molecule has 1 aliphatic heterocycles. The molecule has 0 N–H and O–H groups in total. The Morgan fingerprint density at radius 3 is 2.88 bits per heavy atom. The number of benzene rings is 1. The van der Waals surface area contributed by atoms with E-state index in [1.54, 1.807) is 12.3 Å². The summed E-state index contributed by atoms with van der Waals surface area (Å²) in [5, 5.41) is 0. The lowest BCUT2D eigenvalue weighted by molar-refractivity contribution is -0.136. The topological polar surface area (TPSA) is 59.5 Å². The number of esters is 1. The van der Waals surface area contributed by atoms with Crippen LogP contribution in [0.4, 0.5) is 0 Å². The van der Waals surface area contributed by atoms with Crippen molar-refractivity contribution in [3.05, 3.63) is 65.0 Å². The van der Waals surface area contributed by atoms with Crippen LogP contribution in [0.15, 0.2) is 42.7 Å². The van der Waals surface area contributed by atoms with Crippen molar-refractivity contribution in [2.45, 2.75) is 25.8 Å². The average Bonchev–Trinajstić information content (AvgIpc) is 3.16. The lowest BCUT2D eigenvalue weighted by atomic mass is 9.83. The Hall–Kier alpha value is -2.69. The van der Waals surface area contributed by atoms with Crippen molar-refractivity contribution in [2.75, 3.05) is 13.7 Å². The molecule has 2 aliphatic rings. The van der Waals surface area contributed by atoms with Crippen LogP contribution in [0.5, 0.6) is 0 Å². The molecule has 5 heteroatoms. The molecule has 2 heterocycles. The summed E-state index contributed by atoms with van der Waals surface area (Å²) in [6, 6.07) is 9.53. The van der Waals surface area contributed by atoms with E-state index in [1.807, 2.05) is 35.4 Å². The maximum atomic E-state index is 13.1. The van der Waals surface area contributed by atoms with Gasteiger partial charge >= 0.3 is 5.97 Å². The van der Waals surface area contributed by atoms with Crippen LogP contribution < -0.4 is 0 Å². The third-order valence-corrected chi connectivity index (χ3v) is 5.38. The van der Waals surface area contributed by atoms with E-state index in [1.165, 1.54) is 12.7 Å². The minimum absolute atomic E-state index is 0.215. The van der Waals surface area contributed by atoms with Crippen LogP contribution >= 0.6 is 0 Å². The van der Waals surface area contributed by atoms with Gasteiger partial charge in [0.1, 0.15) is 0 Å². The van der Waals surface area contributed by atoms with E-state index in [9.17, 15) is 9.59 Å². The number of methoxy groups -OCH3 is 1. The Morgan fingerprint density at radius 2 is 2.12 bits per heavy atom. The number of nitrogens with zero attached hydrogens (tertiary/aromatic N) is 2. The number of carbonyl (C=O) groups excluding carboxylic acids is 2. The van der Waals surface area contributed by atoms with Gasteiger partial charge in [-0.1, -0.05) is 12.1 Å². The van der Waals surface area contributed by atoms with Crippen LogP contribution in [0.3, 0.4) is 0 Å². The smallest absolute Gasteiger partial charge is 0.337 e. The SMILES string of the molecule is COC(=O)c1ccc2c(c1)C[C@@]1(CCN(Cc3cccnc3)C1=O)C2. The number of ether oxygens (including phenoxy) is 1. The third kappa shape index (κ3) is 2.69. The van der Waals surface area contributed by atoms with Gasteiger partial charge in [0, 0.05) is 25.5 Å². The Labute approximate surface area is 146 Å².